The van der Waals surface area contributed by atoms with Crippen LogP contribution in [0, 0.1) is 17.0 Å². The molecule has 0 aliphatic rings. The summed E-state index contributed by atoms with van der Waals surface area (Å²) in [5, 5.41) is 14.2. The van der Waals surface area contributed by atoms with Crippen molar-refractivity contribution in [1.82, 2.24) is 0 Å². The predicted molar refractivity (Wildman–Crippen MR) is 73.9 cm³/mol. The molecule has 0 aliphatic heterocycles. The van der Waals surface area contributed by atoms with Gasteiger partial charge in [-0.2, -0.15) is 11.8 Å². The van der Waals surface area contributed by atoms with E-state index >= 15 is 0 Å². The van der Waals surface area contributed by atoms with Gasteiger partial charge < -0.3 is 5.32 Å². The Kier molecular flexibility index (Phi) is 5.28. The van der Waals surface area contributed by atoms with E-state index in [1.807, 2.05) is 31.7 Å². The Morgan fingerprint density at radius 3 is 2.82 bits per heavy atom. The van der Waals surface area contributed by atoms with E-state index in [1.54, 1.807) is 6.07 Å². The molecule has 0 fully saturated rings. The highest BCUT2D eigenvalue weighted by Crippen LogP contribution is 2.28. The third-order valence-electron chi connectivity index (χ3n) is 2.41. The molecule has 0 bridgehead atoms. The van der Waals surface area contributed by atoms with E-state index in [9.17, 15) is 10.1 Å². The molecule has 94 valence electrons. The lowest BCUT2D eigenvalue weighted by Gasteiger charge is -2.16. The summed E-state index contributed by atoms with van der Waals surface area (Å²) < 4.78 is 0. The van der Waals surface area contributed by atoms with Gasteiger partial charge in [-0.3, -0.25) is 10.1 Å². The molecule has 0 radical (unpaired) electrons. The minimum absolute atomic E-state index is 0.151. The first kappa shape index (κ1) is 13.8. The van der Waals surface area contributed by atoms with Crippen LogP contribution in [0.2, 0.25) is 0 Å². The van der Waals surface area contributed by atoms with Crippen molar-refractivity contribution in [2.24, 2.45) is 0 Å². The molecule has 1 unspecified atom stereocenters. The average Bonchev–Trinajstić information content (AvgIpc) is 2.28. The fourth-order valence-corrected chi connectivity index (χ4v) is 2.25. The van der Waals surface area contributed by atoms with E-state index in [0.717, 1.165) is 17.1 Å². The second-order valence-corrected chi connectivity index (χ2v) is 5.25. The molecule has 0 spiro atoms. The van der Waals surface area contributed by atoms with Crippen molar-refractivity contribution in [2.45, 2.75) is 26.8 Å². The molecule has 1 rings (SSSR count). The van der Waals surface area contributed by atoms with Crippen LogP contribution in [0.1, 0.15) is 19.4 Å². The molecule has 1 aromatic carbocycles. The van der Waals surface area contributed by atoms with E-state index in [0.29, 0.717) is 5.69 Å². The maximum absolute atomic E-state index is 10.9. The van der Waals surface area contributed by atoms with Crippen LogP contribution in [-0.4, -0.2) is 22.5 Å². The number of para-hydroxylation sites is 1. The molecular weight excluding hydrogens is 236 g/mol. The fraction of sp³-hybridized carbons (Fsp3) is 0.500. The summed E-state index contributed by atoms with van der Waals surface area (Å²) in [4.78, 5) is 10.6. The molecule has 5 heteroatoms. The van der Waals surface area contributed by atoms with Crippen LogP contribution in [0.25, 0.3) is 0 Å². The van der Waals surface area contributed by atoms with E-state index in [2.05, 4.69) is 12.2 Å². The van der Waals surface area contributed by atoms with Crippen molar-refractivity contribution in [3.63, 3.8) is 0 Å². The van der Waals surface area contributed by atoms with Crippen LogP contribution in [0.4, 0.5) is 11.4 Å². The molecule has 0 aliphatic carbocycles. The Morgan fingerprint density at radius 2 is 2.24 bits per heavy atom. The molecule has 1 aromatic rings. The van der Waals surface area contributed by atoms with Crippen LogP contribution >= 0.6 is 11.8 Å². The van der Waals surface area contributed by atoms with Crippen molar-refractivity contribution in [2.75, 3.05) is 16.8 Å². The van der Waals surface area contributed by atoms with Gasteiger partial charge in [0.25, 0.3) is 5.69 Å². The van der Waals surface area contributed by atoms with Gasteiger partial charge in [0.1, 0.15) is 5.69 Å². The van der Waals surface area contributed by atoms with E-state index in [4.69, 9.17) is 0 Å². The Morgan fingerprint density at radius 1 is 1.53 bits per heavy atom. The van der Waals surface area contributed by atoms with E-state index in [1.165, 1.54) is 6.07 Å². The highest BCUT2D eigenvalue weighted by Gasteiger charge is 2.16. The molecule has 0 aromatic heterocycles. The van der Waals surface area contributed by atoms with Gasteiger partial charge >= 0.3 is 0 Å². The van der Waals surface area contributed by atoms with Crippen molar-refractivity contribution < 1.29 is 4.92 Å². The van der Waals surface area contributed by atoms with Crippen LogP contribution in [0.5, 0.6) is 0 Å². The molecule has 1 N–H and O–H groups in total. The molecule has 0 saturated heterocycles. The maximum Gasteiger partial charge on any atom is 0.292 e. The van der Waals surface area contributed by atoms with Crippen LogP contribution in [-0.2, 0) is 0 Å². The Bertz CT molecular complexity index is 396. The number of nitrogens with zero attached hydrogens (tertiary/aromatic N) is 1. The third-order valence-corrected chi connectivity index (χ3v) is 3.55. The highest BCUT2D eigenvalue weighted by atomic mass is 32.2. The van der Waals surface area contributed by atoms with Gasteiger partial charge in [0.2, 0.25) is 0 Å². The van der Waals surface area contributed by atoms with Gasteiger partial charge in [0.15, 0.2) is 0 Å². The second-order valence-electron chi connectivity index (χ2n) is 3.93. The summed E-state index contributed by atoms with van der Waals surface area (Å²) in [5.74, 6) is 2.00. The lowest BCUT2D eigenvalue weighted by atomic mass is 10.1. The van der Waals surface area contributed by atoms with Gasteiger partial charge in [-0.15, -0.1) is 0 Å². The van der Waals surface area contributed by atoms with Crippen LogP contribution in [0.15, 0.2) is 18.2 Å². The summed E-state index contributed by atoms with van der Waals surface area (Å²) >= 11 is 1.82. The van der Waals surface area contributed by atoms with Crippen molar-refractivity contribution >= 4 is 23.1 Å². The predicted octanol–water partition coefficient (Wildman–Crippen LogP) is 3.46. The summed E-state index contributed by atoms with van der Waals surface area (Å²) in [7, 11) is 0. The van der Waals surface area contributed by atoms with Crippen molar-refractivity contribution in [1.29, 1.82) is 0 Å². The lowest BCUT2D eigenvalue weighted by Crippen LogP contribution is -2.19. The first-order chi connectivity index (χ1) is 8.06. The monoisotopic (exact) mass is 254 g/mol. The molecule has 0 amide bonds. The minimum atomic E-state index is -0.338. The number of rotatable bonds is 6. The van der Waals surface area contributed by atoms with Gasteiger partial charge in [-0.25, -0.2) is 0 Å². The minimum Gasteiger partial charge on any atom is -0.376 e. The summed E-state index contributed by atoms with van der Waals surface area (Å²) in [6, 6.07) is 5.36. The maximum atomic E-state index is 10.9. The average molecular weight is 254 g/mol. The standard InChI is InChI=1S/C12H18N2O2S/c1-4-17-8-10(3)13-12-9(2)6-5-7-11(12)14(15)16/h5-7,10,13H,4,8H2,1-3H3. The largest absolute Gasteiger partial charge is 0.376 e. The van der Waals surface area contributed by atoms with Crippen LogP contribution < -0.4 is 5.32 Å². The number of nitrogens with one attached hydrogen (secondary N) is 1. The lowest BCUT2D eigenvalue weighted by molar-refractivity contribution is -0.384. The highest BCUT2D eigenvalue weighted by molar-refractivity contribution is 7.99. The number of nitro groups is 1. The topological polar surface area (TPSA) is 55.2 Å². The molecule has 0 heterocycles. The van der Waals surface area contributed by atoms with Crippen LogP contribution in [0.3, 0.4) is 0 Å². The zero-order chi connectivity index (χ0) is 12.8. The van der Waals surface area contributed by atoms with Crippen molar-refractivity contribution in [3.05, 3.63) is 33.9 Å². The number of hydrogen-bond acceptors (Lipinski definition) is 4. The number of nitro benzene ring substituents is 1. The SMILES string of the molecule is CCSCC(C)Nc1c(C)cccc1[N+](=O)[O-]. The van der Waals surface area contributed by atoms with E-state index in [-0.39, 0.29) is 16.7 Å². The molecule has 1 atom stereocenters. The molecule has 4 nitrogen and oxygen atoms in total. The zero-order valence-corrected chi connectivity index (χ0v) is 11.2. The Hall–Kier alpha value is -1.23. The molecule has 17 heavy (non-hydrogen) atoms. The fourth-order valence-electron chi connectivity index (χ4n) is 1.57. The number of hydrogen-bond donors (Lipinski definition) is 1. The van der Waals surface area contributed by atoms with Gasteiger partial charge in [0, 0.05) is 17.9 Å². The molecular formula is C12H18N2O2S. The first-order valence-corrected chi connectivity index (χ1v) is 6.80. The summed E-state index contributed by atoms with van der Waals surface area (Å²) in [6.45, 7) is 6.03. The summed E-state index contributed by atoms with van der Waals surface area (Å²) in [5.41, 5.74) is 1.70. The first-order valence-electron chi connectivity index (χ1n) is 5.64. The van der Waals surface area contributed by atoms with Crippen molar-refractivity contribution in [3.8, 4) is 0 Å². The second kappa shape index (κ2) is 6.49. The summed E-state index contributed by atoms with van der Waals surface area (Å²) in [6.07, 6.45) is 0. The smallest absolute Gasteiger partial charge is 0.292 e. The van der Waals surface area contributed by atoms with Gasteiger partial charge in [-0.05, 0) is 25.2 Å². The third kappa shape index (κ3) is 3.93. The normalized spacial score (nSPS) is 12.2. The number of anilines is 1. The van der Waals surface area contributed by atoms with Gasteiger partial charge in [-0.1, -0.05) is 19.1 Å². The Balaban J connectivity index is 2.85. The number of aryl methyl sites for hydroxylation is 1. The zero-order valence-electron chi connectivity index (χ0n) is 10.4. The van der Waals surface area contributed by atoms with Gasteiger partial charge in [0.05, 0.1) is 4.92 Å². The number of benzene rings is 1. The van der Waals surface area contributed by atoms with E-state index < -0.39 is 0 Å². The number of thioether (sulfide) groups is 1. The quantitative estimate of drug-likeness (QED) is 0.624. The Labute approximate surface area is 106 Å². The molecule has 0 saturated carbocycles.